The molecule has 0 saturated carbocycles. The molecule has 0 spiro atoms. The first kappa shape index (κ1) is 24.9. The maximum Gasteiger partial charge on any atom is 0.138 e. The van der Waals surface area contributed by atoms with Gasteiger partial charge in [-0.25, -0.2) is 9.97 Å². The second kappa shape index (κ2) is 11.9. The minimum absolute atomic E-state index is 0. The lowest BCUT2D eigenvalue weighted by atomic mass is 10.1. The van der Waals surface area contributed by atoms with Crippen molar-refractivity contribution >= 4 is 22.1 Å². The second-order valence-corrected chi connectivity index (χ2v) is 7.79. The van der Waals surface area contributed by atoms with E-state index in [1.54, 1.807) is 19.5 Å². The van der Waals surface area contributed by atoms with Gasteiger partial charge in [0, 0.05) is 57.8 Å². The highest BCUT2D eigenvalue weighted by molar-refractivity contribution is 5.83. The van der Waals surface area contributed by atoms with Gasteiger partial charge in [-0.2, -0.15) is 0 Å². The zero-order chi connectivity index (χ0) is 24.6. The second-order valence-electron chi connectivity index (χ2n) is 7.79. The molecule has 37 heavy (non-hydrogen) atoms. The molecule has 0 radical (unpaired) electrons. The summed E-state index contributed by atoms with van der Waals surface area (Å²) in [5.74, 6) is 13.5. The summed E-state index contributed by atoms with van der Waals surface area (Å²) in [6.45, 7) is 0. The number of methoxy groups -OCH3 is 1. The highest BCUT2D eigenvalue weighted by Gasteiger charge is 2.00. The summed E-state index contributed by atoms with van der Waals surface area (Å²) in [5, 5.41) is 2.11. The SMILES string of the molecule is C.C(#Cc1ccnc2[nH]ccc12)c1ccccc1.COc1ccc(C#Cc2ccnc3[nH]ccc23)cc1. The summed E-state index contributed by atoms with van der Waals surface area (Å²) in [7, 11) is 1.65. The molecule has 2 N–H and O–H groups in total. The summed E-state index contributed by atoms with van der Waals surface area (Å²) in [5.41, 5.74) is 5.70. The van der Waals surface area contributed by atoms with Gasteiger partial charge in [-0.3, -0.25) is 0 Å². The monoisotopic (exact) mass is 482 g/mol. The smallest absolute Gasteiger partial charge is 0.138 e. The van der Waals surface area contributed by atoms with Crippen molar-refractivity contribution in [2.24, 2.45) is 0 Å². The van der Waals surface area contributed by atoms with E-state index in [2.05, 4.69) is 43.6 Å². The predicted molar refractivity (Wildman–Crippen MR) is 150 cm³/mol. The van der Waals surface area contributed by atoms with Crippen molar-refractivity contribution in [3.8, 4) is 29.4 Å². The minimum atomic E-state index is 0. The molecule has 4 heterocycles. The van der Waals surface area contributed by atoms with Gasteiger partial charge in [-0.1, -0.05) is 49.3 Å². The maximum atomic E-state index is 5.12. The number of nitrogens with zero attached hydrogens (tertiary/aromatic N) is 2. The van der Waals surface area contributed by atoms with Crippen LogP contribution in [-0.4, -0.2) is 27.0 Å². The van der Waals surface area contributed by atoms with E-state index in [1.807, 2.05) is 91.3 Å². The molecule has 0 unspecified atom stereocenters. The number of benzene rings is 2. The highest BCUT2D eigenvalue weighted by Crippen LogP contribution is 2.15. The molecular formula is C32H26N4O. The number of H-pyrrole nitrogens is 2. The largest absolute Gasteiger partial charge is 0.497 e. The van der Waals surface area contributed by atoms with Crippen molar-refractivity contribution in [3.63, 3.8) is 0 Å². The normalized spacial score (nSPS) is 9.65. The zero-order valence-electron chi connectivity index (χ0n) is 19.6. The number of hydrogen-bond donors (Lipinski definition) is 2. The number of nitrogens with one attached hydrogen (secondary N) is 2. The fourth-order valence-corrected chi connectivity index (χ4v) is 3.61. The van der Waals surface area contributed by atoms with Crippen LogP contribution in [0.2, 0.25) is 0 Å². The van der Waals surface area contributed by atoms with E-state index < -0.39 is 0 Å². The first-order valence-corrected chi connectivity index (χ1v) is 11.4. The predicted octanol–water partition coefficient (Wildman–Crippen LogP) is 6.57. The van der Waals surface area contributed by atoms with Crippen LogP contribution in [0.25, 0.3) is 22.1 Å². The summed E-state index contributed by atoms with van der Waals surface area (Å²) in [6, 6.07) is 25.5. The Morgan fingerprint density at radius 3 is 1.62 bits per heavy atom. The molecule has 0 aliphatic rings. The van der Waals surface area contributed by atoms with Gasteiger partial charge in [0.25, 0.3) is 0 Å². The van der Waals surface area contributed by atoms with E-state index >= 15 is 0 Å². The molecular weight excluding hydrogens is 456 g/mol. The number of aromatic amines is 2. The number of ether oxygens (including phenoxy) is 1. The molecule has 4 aromatic heterocycles. The van der Waals surface area contributed by atoms with Crippen LogP contribution in [0, 0.1) is 23.7 Å². The minimum Gasteiger partial charge on any atom is -0.497 e. The molecule has 5 nitrogen and oxygen atoms in total. The number of fused-ring (bicyclic) bond motifs is 2. The van der Waals surface area contributed by atoms with Gasteiger partial charge in [-0.15, -0.1) is 0 Å². The summed E-state index contributed by atoms with van der Waals surface area (Å²) in [4.78, 5) is 14.6. The third-order valence-electron chi connectivity index (χ3n) is 5.47. The molecule has 6 rings (SSSR count). The molecule has 0 atom stereocenters. The molecule has 0 amide bonds. The molecule has 0 saturated heterocycles. The van der Waals surface area contributed by atoms with E-state index in [-0.39, 0.29) is 7.43 Å². The van der Waals surface area contributed by atoms with Crippen molar-refractivity contribution in [2.45, 2.75) is 7.43 Å². The third-order valence-corrected chi connectivity index (χ3v) is 5.47. The molecule has 5 heteroatoms. The van der Waals surface area contributed by atoms with E-state index in [0.29, 0.717) is 0 Å². The lowest BCUT2D eigenvalue weighted by Crippen LogP contribution is -1.83. The van der Waals surface area contributed by atoms with Crippen LogP contribution in [0.1, 0.15) is 29.7 Å². The lowest BCUT2D eigenvalue weighted by molar-refractivity contribution is 0.415. The summed E-state index contributed by atoms with van der Waals surface area (Å²) < 4.78 is 5.12. The van der Waals surface area contributed by atoms with Gasteiger partial charge in [0.15, 0.2) is 0 Å². The number of pyridine rings is 2. The van der Waals surface area contributed by atoms with Crippen LogP contribution in [-0.2, 0) is 0 Å². The third kappa shape index (κ3) is 6.06. The maximum absolute atomic E-state index is 5.12. The Hall–Kier alpha value is -5.26. The summed E-state index contributed by atoms with van der Waals surface area (Å²) >= 11 is 0. The number of hydrogen-bond acceptors (Lipinski definition) is 3. The van der Waals surface area contributed by atoms with Gasteiger partial charge < -0.3 is 14.7 Å². The van der Waals surface area contributed by atoms with Gasteiger partial charge in [0.1, 0.15) is 17.0 Å². The zero-order valence-corrected chi connectivity index (χ0v) is 19.6. The van der Waals surface area contributed by atoms with Gasteiger partial charge in [0.05, 0.1) is 7.11 Å². The summed E-state index contributed by atoms with van der Waals surface area (Å²) in [6.07, 6.45) is 7.28. The highest BCUT2D eigenvalue weighted by atomic mass is 16.5. The van der Waals surface area contributed by atoms with E-state index in [9.17, 15) is 0 Å². The van der Waals surface area contributed by atoms with Crippen molar-refractivity contribution in [1.82, 2.24) is 19.9 Å². The Labute approximate surface area is 216 Å². The Kier molecular flexibility index (Phi) is 8.01. The first-order valence-electron chi connectivity index (χ1n) is 11.4. The van der Waals surface area contributed by atoms with Crippen LogP contribution < -0.4 is 4.74 Å². The van der Waals surface area contributed by atoms with E-state index in [0.717, 1.165) is 50.1 Å². The Morgan fingerprint density at radius 2 is 1.11 bits per heavy atom. The molecule has 180 valence electrons. The van der Waals surface area contributed by atoms with Gasteiger partial charge >= 0.3 is 0 Å². The lowest BCUT2D eigenvalue weighted by Gasteiger charge is -1.97. The average molecular weight is 483 g/mol. The van der Waals surface area contributed by atoms with Crippen LogP contribution in [0.15, 0.2) is 104 Å². The molecule has 6 aromatic rings. The standard InChI is InChI=1S/C16H12N2O.C15H10N2.CH4/c1-19-14-6-3-12(4-7-14)2-5-13-8-10-17-16-15(13)9-11-18-16;1-2-4-12(5-3-1)6-7-13-8-10-16-15-14(13)9-11-17-15;/h3-4,6-11H,1H3,(H,17,18);1-5,8-11H,(H,16,17);1H4. The fourth-order valence-electron chi connectivity index (χ4n) is 3.61. The topological polar surface area (TPSA) is 66.6 Å². The van der Waals surface area contributed by atoms with Gasteiger partial charge in [0.2, 0.25) is 0 Å². The quantitative estimate of drug-likeness (QED) is 0.261. The average Bonchev–Trinajstić information content (AvgIpc) is 3.62. The Morgan fingerprint density at radius 1 is 0.595 bits per heavy atom. The molecule has 0 bridgehead atoms. The Bertz CT molecular complexity index is 1720. The van der Waals surface area contributed by atoms with Crippen LogP contribution in [0.3, 0.4) is 0 Å². The fraction of sp³-hybridized carbons (Fsp3) is 0.0625. The molecule has 2 aromatic carbocycles. The Balaban J connectivity index is 0.000000169. The van der Waals surface area contributed by atoms with Crippen molar-refractivity contribution in [1.29, 1.82) is 0 Å². The molecule has 0 aliphatic heterocycles. The number of rotatable bonds is 1. The van der Waals surface area contributed by atoms with Gasteiger partial charge in [-0.05, 0) is 60.7 Å². The van der Waals surface area contributed by atoms with Crippen LogP contribution >= 0.6 is 0 Å². The van der Waals surface area contributed by atoms with Crippen molar-refractivity contribution in [2.75, 3.05) is 7.11 Å². The van der Waals surface area contributed by atoms with E-state index in [4.69, 9.17) is 4.74 Å². The van der Waals surface area contributed by atoms with Crippen LogP contribution in [0.5, 0.6) is 5.75 Å². The molecule has 0 fully saturated rings. The first-order chi connectivity index (χ1) is 17.8. The number of aromatic nitrogens is 4. The van der Waals surface area contributed by atoms with Crippen molar-refractivity contribution < 1.29 is 4.74 Å². The van der Waals surface area contributed by atoms with Crippen LogP contribution in [0.4, 0.5) is 0 Å². The van der Waals surface area contributed by atoms with E-state index in [1.165, 1.54) is 0 Å². The molecule has 0 aliphatic carbocycles. The van der Waals surface area contributed by atoms with Crippen molar-refractivity contribution in [3.05, 3.63) is 126 Å².